The predicted molar refractivity (Wildman–Crippen MR) is 52.1 cm³/mol. The van der Waals surface area contributed by atoms with Crippen LogP contribution in [0.3, 0.4) is 0 Å². The molecule has 0 atom stereocenters. The second-order valence-corrected chi connectivity index (χ2v) is 3.43. The van der Waals surface area contributed by atoms with E-state index in [1.807, 2.05) is 19.1 Å². The molecule has 4 heteroatoms. The Labute approximate surface area is 81.6 Å². The Kier molecular flexibility index (Phi) is 2.04. The van der Waals surface area contributed by atoms with Gasteiger partial charge in [-0.25, -0.2) is 9.50 Å². The average molecular weight is 189 g/mol. The first-order valence-corrected chi connectivity index (χ1v) is 4.45. The SMILES string of the molecule is CC(=O)Cc1cc(C)cc2ncnn12. The largest absolute Gasteiger partial charge is 0.300 e. The molecule has 0 saturated heterocycles. The van der Waals surface area contributed by atoms with Gasteiger partial charge in [0.05, 0.1) is 5.69 Å². The topological polar surface area (TPSA) is 47.3 Å². The summed E-state index contributed by atoms with van der Waals surface area (Å²) >= 11 is 0. The van der Waals surface area contributed by atoms with Crippen LogP contribution in [0.1, 0.15) is 18.2 Å². The summed E-state index contributed by atoms with van der Waals surface area (Å²) in [5.74, 6) is 0.132. The van der Waals surface area contributed by atoms with E-state index in [0.717, 1.165) is 16.9 Å². The van der Waals surface area contributed by atoms with E-state index in [1.165, 1.54) is 6.33 Å². The number of fused-ring (bicyclic) bond motifs is 1. The molecule has 0 radical (unpaired) electrons. The minimum Gasteiger partial charge on any atom is -0.300 e. The van der Waals surface area contributed by atoms with Gasteiger partial charge >= 0.3 is 0 Å². The standard InChI is InChI=1S/C10H11N3O/c1-7-3-9(5-8(2)14)13-10(4-7)11-6-12-13/h3-4,6H,5H2,1-2H3. The Morgan fingerprint density at radius 3 is 3.00 bits per heavy atom. The monoisotopic (exact) mass is 189 g/mol. The molecule has 72 valence electrons. The highest BCUT2D eigenvalue weighted by Gasteiger charge is 2.05. The lowest BCUT2D eigenvalue weighted by Gasteiger charge is -2.03. The molecule has 0 fully saturated rings. The summed E-state index contributed by atoms with van der Waals surface area (Å²) in [6.07, 6.45) is 1.90. The summed E-state index contributed by atoms with van der Waals surface area (Å²) in [6.45, 7) is 3.56. The number of nitrogens with zero attached hydrogens (tertiary/aromatic N) is 3. The number of ketones is 1. The molecule has 2 rings (SSSR count). The number of rotatable bonds is 2. The zero-order chi connectivity index (χ0) is 10.1. The molecule has 0 unspecified atom stereocenters. The summed E-state index contributed by atoms with van der Waals surface area (Å²) in [5.41, 5.74) is 2.79. The summed E-state index contributed by atoms with van der Waals surface area (Å²) in [5, 5.41) is 4.07. The number of Topliss-reactive ketones (excluding diaryl/α,β-unsaturated/α-hetero) is 1. The quantitative estimate of drug-likeness (QED) is 0.712. The molecule has 2 aromatic rings. The average Bonchev–Trinajstić information content (AvgIpc) is 2.50. The van der Waals surface area contributed by atoms with E-state index >= 15 is 0 Å². The van der Waals surface area contributed by atoms with E-state index in [2.05, 4.69) is 10.1 Å². The van der Waals surface area contributed by atoms with E-state index < -0.39 is 0 Å². The second-order valence-electron chi connectivity index (χ2n) is 3.43. The fourth-order valence-corrected chi connectivity index (χ4v) is 1.52. The highest BCUT2D eigenvalue weighted by molar-refractivity contribution is 5.78. The van der Waals surface area contributed by atoms with E-state index in [1.54, 1.807) is 11.4 Å². The fraction of sp³-hybridized carbons (Fsp3) is 0.300. The van der Waals surface area contributed by atoms with Gasteiger partial charge in [-0.05, 0) is 31.5 Å². The number of aromatic nitrogens is 3. The third-order valence-corrected chi connectivity index (χ3v) is 2.03. The summed E-state index contributed by atoms with van der Waals surface area (Å²) < 4.78 is 1.70. The fourth-order valence-electron chi connectivity index (χ4n) is 1.52. The van der Waals surface area contributed by atoms with Gasteiger partial charge in [-0.2, -0.15) is 5.10 Å². The first kappa shape index (κ1) is 8.87. The number of hydrogen-bond donors (Lipinski definition) is 0. The zero-order valence-corrected chi connectivity index (χ0v) is 8.19. The van der Waals surface area contributed by atoms with Gasteiger partial charge in [-0.1, -0.05) is 0 Å². The summed E-state index contributed by atoms with van der Waals surface area (Å²) in [7, 11) is 0. The van der Waals surface area contributed by atoms with E-state index in [4.69, 9.17) is 0 Å². The van der Waals surface area contributed by atoms with Gasteiger partial charge < -0.3 is 0 Å². The van der Waals surface area contributed by atoms with Crippen LogP contribution < -0.4 is 0 Å². The lowest BCUT2D eigenvalue weighted by Crippen LogP contribution is -2.04. The number of carbonyl (C=O) groups is 1. The van der Waals surface area contributed by atoms with Crippen molar-refractivity contribution in [2.75, 3.05) is 0 Å². The van der Waals surface area contributed by atoms with Crippen molar-refractivity contribution in [3.8, 4) is 0 Å². The minimum atomic E-state index is 0.132. The predicted octanol–water partition coefficient (Wildman–Crippen LogP) is 1.17. The van der Waals surface area contributed by atoms with Gasteiger partial charge in [0.1, 0.15) is 12.1 Å². The van der Waals surface area contributed by atoms with Crippen LogP contribution in [0.5, 0.6) is 0 Å². The molecule has 2 heterocycles. The number of pyridine rings is 1. The number of hydrogen-bond acceptors (Lipinski definition) is 3. The zero-order valence-electron chi connectivity index (χ0n) is 8.19. The van der Waals surface area contributed by atoms with E-state index in [9.17, 15) is 4.79 Å². The van der Waals surface area contributed by atoms with Gasteiger partial charge in [0.15, 0.2) is 5.65 Å². The van der Waals surface area contributed by atoms with Gasteiger partial charge in [0.25, 0.3) is 0 Å². The molecular formula is C10H11N3O. The molecule has 2 aromatic heterocycles. The van der Waals surface area contributed by atoms with Crippen LogP contribution in [0, 0.1) is 6.92 Å². The summed E-state index contributed by atoms with van der Waals surface area (Å²) in [6, 6.07) is 3.90. The van der Waals surface area contributed by atoms with Gasteiger partial charge in [0.2, 0.25) is 0 Å². The smallest absolute Gasteiger partial charge is 0.155 e. The third-order valence-electron chi connectivity index (χ3n) is 2.03. The Morgan fingerprint density at radius 1 is 1.50 bits per heavy atom. The highest BCUT2D eigenvalue weighted by atomic mass is 16.1. The Bertz CT molecular complexity index is 487. The van der Waals surface area contributed by atoms with Crippen LogP contribution in [-0.4, -0.2) is 20.4 Å². The van der Waals surface area contributed by atoms with Crippen molar-refractivity contribution in [2.45, 2.75) is 20.3 Å². The normalized spacial score (nSPS) is 10.7. The Morgan fingerprint density at radius 2 is 2.29 bits per heavy atom. The maximum absolute atomic E-state index is 11.0. The molecule has 0 aliphatic carbocycles. The highest BCUT2D eigenvalue weighted by Crippen LogP contribution is 2.09. The van der Waals surface area contributed by atoms with Crippen molar-refractivity contribution in [1.82, 2.24) is 14.6 Å². The lowest BCUT2D eigenvalue weighted by atomic mass is 10.2. The van der Waals surface area contributed by atoms with Crippen molar-refractivity contribution < 1.29 is 4.79 Å². The maximum atomic E-state index is 11.0. The molecule has 0 aliphatic rings. The molecular weight excluding hydrogens is 178 g/mol. The first-order chi connectivity index (χ1) is 6.66. The molecule has 0 aromatic carbocycles. The molecule has 0 N–H and O–H groups in total. The van der Waals surface area contributed by atoms with E-state index in [-0.39, 0.29) is 5.78 Å². The van der Waals surface area contributed by atoms with Crippen LogP contribution in [0.25, 0.3) is 5.65 Å². The first-order valence-electron chi connectivity index (χ1n) is 4.45. The van der Waals surface area contributed by atoms with Gasteiger partial charge in [-0.3, -0.25) is 4.79 Å². The second kappa shape index (κ2) is 3.21. The molecule has 4 nitrogen and oxygen atoms in total. The van der Waals surface area contributed by atoms with Gasteiger partial charge in [0, 0.05) is 6.42 Å². The number of aryl methyl sites for hydroxylation is 1. The van der Waals surface area contributed by atoms with Crippen molar-refractivity contribution in [3.05, 3.63) is 29.7 Å². The molecule has 0 bridgehead atoms. The Hall–Kier alpha value is -1.71. The Balaban J connectivity index is 2.60. The molecule has 0 aliphatic heterocycles. The number of carbonyl (C=O) groups excluding carboxylic acids is 1. The minimum absolute atomic E-state index is 0.132. The lowest BCUT2D eigenvalue weighted by molar-refractivity contribution is -0.116. The van der Waals surface area contributed by atoms with Crippen LogP contribution >= 0.6 is 0 Å². The summed E-state index contributed by atoms with van der Waals surface area (Å²) in [4.78, 5) is 15.1. The van der Waals surface area contributed by atoms with Crippen molar-refractivity contribution in [3.63, 3.8) is 0 Å². The molecule has 14 heavy (non-hydrogen) atoms. The maximum Gasteiger partial charge on any atom is 0.155 e. The van der Waals surface area contributed by atoms with Crippen LogP contribution in [0.2, 0.25) is 0 Å². The van der Waals surface area contributed by atoms with Gasteiger partial charge in [-0.15, -0.1) is 0 Å². The van der Waals surface area contributed by atoms with Crippen LogP contribution in [-0.2, 0) is 11.2 Å². The van der Waals surface area contributed by atoms with Crippen molar-refractivity contribution >= 4 is 11.4 Å². The molecule has 0 saturated carbocycles. The van der Waals surface area contributed by atoms with Crippen molar-refractivity contribution in [1.29, 1.82) is 0 Å². The third kappa shape index (κ3) is 1.51. The van der Waals surface area contributed by atoms with Crippen LogP contribution in [0.15, 0.2) is 18.5 Å². The van der Waals surface area contributed by atoms with Crippen LogP contribution in [0.4, 0.5) is 0 Å². The van der Waals surface area contributed by atoms with E-state index in [0.29, 0.717) is 6.42 Å². The molecule has 0 amide bonds. The molecule has 0 spiro atoms. The van der Waals surface area contributed by atoms with Crippen molar-refractivity contribution in [2.24, 2.45) is 0 Å².